The summed E-state index contributed by atoms with van der Waals surface area (Å²) in [6.07, 6.45) is 2.52. The van der Waals surface area contributed by atoms with Crippen molar-refractivity contribution in [3.05, 3.63) is 28.8 Å². The van der Waals surface area contributed by atoms with Crippen molar-refractivity contribution in [2.24, 2.45) is 7.05 Å². The smallest absolute Gasteiger partial charge is 0.356 e. The fourth-order valence-electron chi connectivity index (χ4n) is 1.40. The van der Waals surface area contributed by atoms with Gasteiger partial charge in [0, 0.05) is 7.05 Å². The summed E-state index contributed by atoms with van der Waals surface area (Å²) in [6, 6.07) is 0. The number of aromatic amines is 1. The molecule has 0 bridgehead atoms. The van der Waals surface area contributed by atoms with E-state index in [-0.39, 0.29) is 22.1 Å². The number of hydrogen-bond donors (Lipinski definition) is 3. The molecule has 0 atom stereocenters. The molecule has 0 fully saturated rings. The predicted molar refractivity (Wildman–Crippen MR) is 61.7 cm³/mol. The average Bonchev–Trinajstić information content (AvgIpc) is 2.85. The third-order valence-corrected chi connectivity index (χ3v) is 2.50. The number of amides is 1. The van der Waals surface area contributed by atoms with E-state index in [1.165, 1.54) is 19.4 Å². The minimum Gasteiger partial charge on any atom is -0.476 e. The zero-order chi connectivity index (χ0) is 13.3. The summed E-state index contributed by atoms with van der Waals surface area (Å²) in [5.41, 5.74) is 0.0107. The normalized spacial score (nSPS) is 10.3. The molecule has 18 heavy (non-hydrogen) atoms. The third kappa shape index (κ3) is 2.05. The van der Waals surface area contributed by atoms with Crippen molar-refractivity contribution in [2.45, 2.75) is 0 Å². The van der Waals surface area contributed by atoms with Crippen LogP contribution in [0.4, 0.5) is 5.69 Å². The molecular weight excluding hydrogens is 262 g/mol. The summed E-state index contributed by atoms with van der Waals surface area (Å²) in [4.78, 5) is 22.8. The highest BCUT2D eigenvalue weighted by Crippen LogP contribution is 2.17. The van der Waals surface area contributed by atoms with Gasteiger partial charge in [-0.25, -0.2) is 4.79 Å². The molecule has 3 N–H and O–H groups in total. The Morgan fingerprint density at radius 3 is 2.78 bits per heavy atom. The van der Waals surface area contributed by atoms with Crippen molar-refractivity contribution < 1.29 is 14.7 Å². The fourth-order valence-corrected chi connectivity index (χ4v) is 1.57. The molecule has 8 nitrogen and oxygen atoms in total. The quantitative estimate of drug-likeness (QED) is 0.761. The van der Waals surface area contributed by atoms with Gasteiger partial charge in [-0.1, -0.05) is 11.6 Å². The second-order valence-corrected chi connectivity index (χ2v) is 3.79. The molecule has 0 unspecified atom stereocenters. The number of halogens is 1. The van der Waals surface area contributed by atoms with E-state index in [2.05, 4.69) is 20.6 Å². The summed E-state index contributed by atoms with van der Waals surface area (Å²) in [5.74, 6) is -1.78. The fraction of sp³-hybridized carbons (Fsp3) is 0.111. The van der Waals surface area contributed by atoms with E-state index >= 15 is 0 Å². The first-order chi connectivity index (χ1) is 8.50. The summed E-state index contributed by atoms with van der Waals surface area (Å²) in [6.45, 7) is 0. The number of carbonyl (C=O) groups is 2. The molecule has 0 spiro atoms. The summed E-state index contributed by atoms with van der Waals surface area (Å²) in [5, 5.41) is 21.3. The Bertz CT molecular complexity index is 618. The Morgan fingerprint density at radius 1 is 1.50 bits per heavy atom. The van der Waals surface area contributed by atoms with E-state index in [1.807, 2.05) is 0 Å². The monoisotopic (exact) mass is 269 g/mol. The largest absolute Gasteiger partial charge is 0.476 e. The average molecular weight is 270 g/mol. The van der Waals surface area contributed by atoms with E-state index in [0.29, 0.717) is 0 Å². The standard InChI is InChI=1S/C9H8ClN5O3/c1-15-7(9(17)18)5(3-12-15)13-8(16)6-4(10)2-11-14-6/h2-3H,1H3,(H,11,14)(H,13,16)(H,17,18). The van der Waals surface area contributed by atoms with Crippen LogP contribution in [0.15, 0.2) is 12.4 Å². The van der Waals surface area contributed by atoms with Gasteiger partial charge < -0.3 is 10.4 Å². The molecule has 94 valence electrons. The predicted octanol–water partition coefficient (Wildman–Crippen LogP) is 0.747. The van der Waals surface area contributed by atoms with Gasteiger partial charge in [0.2, 0.25) is 0 Å². The number of H-pyrrole nitrogens is 1. The van der Waals surface area contributed by atoms with Gasteiger partial charge in [-0.15, -0.1) is 0 Å². The second kappa shape index (κ2) is 4.49. The molecule has 2 heterocycles. The van der Waals surface area contributed by atoms with Crippen molar-refractivity contribution in [1.29, 1.82) is 0 Å². The Balaban J connectivity index is 2.28. The van der Waals surface area contributed by atoms with Crippen LogP contribution in [0.2, 0.25) is 5.02 Å². The summed E-state index contributed by atoms with van der Waals surface area (Å²) >= 11 is 5.72. The summed E-state index contributed by atoms with van der Waals surface area (Å²) in [7, 11) is 1.46. The van der Waals surface area contributed by atoms with Crippen LogP contribution in [0.25, 0.3) is 0 Å². The highest BCUT2D eigenvalue weighted by Gasteiger charge is 2.20. The highest BCUT2D eigenvalue weighted by molar-refractivity contribution is 6.34. The molecular formula is C9H8ClN5O3. The van der Waals surface area contributed by atoms with Gasteiger partial charge in [-0.3, -0.25) is 14.6 Å². The first kappa shape index (κ1) is 12.1. The van der Waals surface area contributed by atoms with Crippen LogP contribution in [-0.2, 0) is 7.05 Å². The number of hydrogen-bond acceptors (Lipinski definition) is 4. The van der Waals surface area contributed by atoms with Crippen molar-refractivity contribution in [3.8, 4) is 0 Å². The molecule has 1 amide bonds. The molecule has 9 heteroatoms. The lowest BCUT2D eigenvalue weighted by Crippen LogP contribution is -2.16. The van der Waals surface area contributed by atoms with Crippen LogP contribution in [0, 0.1) is 0 Å². The van der Waals surface area contributed by atoms with Gasteiger partial charge >= 0.3 is 5.97 Å². The van der Waals surface area contributed by atoms with Crippen molar-refractivity contribution >= 4 is 29.2 Å². The molecule has 2 rings (SSSR count). The topological polar surface area (TPSA) is 113 Å². The van der Waals surface area contributed by atoms with Gasteiger partial charge in [0.15, 0.2) is 5.69 Å². The van der Waals surface area contributed by atoms with Crippen molar-refractivity contribution in [3.63, 3.8) is 0 Å². The number of carboxylic acid groups (broad SMARTS) is 1. The minimum atomic E-state index is -1.19. The van der Waals surface area contributed by atoms with Gasteiger partial charge in [0.05, 0.1) is 23.1 Å². The maximum atomic E-state index is 11.8. The van der Waals surface area contributed by atoms with E-state index in [1.54, 1.807) is 0 Å². The molecule has 0 saturated carbocycles. The van der Waals surface area contributed by atoms with Gasteiger partial charge in [-0.2, -0.15) is 10.2 Å². The summed E-state index contributed by atoms with van der Waals surface area (Å²) < 4.78 is 1.15. The van der Waals surface area contributed by atoms with E-state index in [4.69, 9.17) is 16.7 Å². The number of anilines is 1. The van der Waals surface area contributed by atoms with Gasteiger partial charge in [0.25, 0.3) is 5.91 Å². The Labute approximate surface area is 106 Å². The Hall–Kier alpha value is -2.35. The second-order valence-electron chi connectivity index (χ2n) is 3.38. The molecule has 0 saturated heterocycles. The lowest BCUT2D eigenvalue weighted by atomic mass is 10.3. The molecule has 2 aromatic heterocycles. The first-order valence-electron chi connectivity index (χ1n) is 4.76. The number of aromatic carboxylic acids is 1. The van der Waals surface area contributed by atoms with Crippen LogP contribution in [-0.4, -0.2) is 37.0 Å². The highest BCUT2D eigenvalue weighted by atomic mass is 35.5. The van der Waals surface area contributed by atoms with Crippen molar-refractivity contribution in [1.82, 2.24) is 20.0 Å². The molecule has 0 radical (unpaired) electrons. The van der Waals surface area contributed by atoms with Crippen LogP contribution in [0.1, 0.15) is 21.0 Å². The van der Waals surface area contributed by atoms with Crippen LogP contribution in [0.3, 0.4) is 0 Å². The Morgan fingerprint density at radius 2 is 2.22 bits per heavy atom. The SMILES string of the molecule is Cn1ncc(NC(=O)c2[nH]ncc2Cl)c1C(=O)O. The number of rotatable bonds is 3. The first-order valence-corrected chi connectivity index (χ1v) is 5.14. The lowest BCUT2D eigenvalue weighted by Gasteiger charge is -2.03. The van der Waals surface area contributed by atoms with E-state index in [9.17, 15) is 9.59 Å². The third-order valence-electron chi connectivity index (χ3n) is 2.21. The van der Waals surface area contributed by atoms with Crippen LogP contribution < -0.4 is 5.32 Å². The van der Waals surface area contributed by atoms with E-state index in [0.717, 1.165) is 4.68 Å². The minimum absolute atomic E-state index is 0.0526. The molecule has 0 aromatic carbocycles. The molecule has 0 aliphatic carbocycles. The maximum Gasteiger partial charge on any atom is 0.356 e. The molecule has 2 aromatic rings. The zero-order valence-electron chi connectivity index (χ0n) is 9.14. The number of carboxylic acids is 1. The molecule has 0 aliphatic rings. The van der Waals surface area contributed by atoms with E-state index < -0.39 is 11.9 Å². The number of aromatic nitrogens is 4. The number of nitrogens with one attached hydrogen (secondary N) is 2. The lowest BCUT2D eigenvalue weighted by molar-refractivity contribution is 0.0686. The number of aryl methyl sites for hydroxylation is 1. The van der Waals surface area contributed by atoms with Gasteiger partial charge in [-0.05, 0) is 0 Å². The molecule has 0 aliphatic heterocycles. The van der Waals surface area contributed by atoms with Crippen LogP contribution in [0.5, 0.6) is 0 Å². The van der Waals surface area contributed by atoms with Crippen LogP contribution >= 0.6 is 11.6 Å². The number of carbonyl (C=O) groups excluding carboxylic acids is 1. The zero-order valence-corrected chi connectivity index (χ0v) is 9.89. The number of nitrogens with zero attached hydrogens (tertiary/aromatic N) is 3. The maximum absolute atomic E-state index is 11.8. The Kier molecular flexibility index (Phi) is 3.02. The van der Waals surface area contributed by atoms with Crippen molar-refractivity contribution in [2.75, 3.05) is 5.32 Å². The van der Waals surface area contributed by atoms with Gasteiger partial charge in [0.1, 0.15) is 5.69 Å².